The van der Waals surface area contributed by atoms with Gasteiger partial charge in [0.25, 0.3) is 0 Å². The normalized spacial score (nSPS) is 20.5. The van der Waals surface area contributed by atoms with E-state index in [1.807, 2.05) is 91.0 Å². The van der Waals surface area contributed by atoms with E-state index in [-0.39, 0.29) is 42.5 Å². The van der Waals surface area contributed by atoms with Crippen LogP contribution in [-0.4, -0.2) is 72.4 Å². The van der Waals surface area contributed by atoms with Crippen molar-refractivity contribution in [2.45, 2.75) is 35.6 Å². The smallest absolute Gasteiger partial charge is 0.316 e. The number of aromatic nitrogens is 4. The van der Waals surface area contributed by atoms with Gasteiger partial charge in [-0.1, -0.05) is 109 Å². The van der Waals surface area contributed by atoms with Gasteiger partial charge >= 0.3 is 5.97 Å². The Hall–Kier alpha value is -4.60. The second-order valence-electron chi connectivity index (χ2n) is 10.9. The van der Waals surface area contributed by atoms with Crippen LogP contribution >= 0.6 is 23.5 Å². The lowest BCUT2D eigenvalue weighted by Crippen LogP contribution is -2.74. The Morgan fingerprint density at radius 3 is 2.33 bits per heavy atom. The molecule has 6 rings (SSSR count). The van der Waals surface area contributed by atoms with Crippen LogP contribution in [0.5, 0.6) is 0 Å². The number of fused-ring (bicyclic) bond motifs is 1. The van der Waals surface area contributed by atoms with E-state index in [2.05, 4.69) is 26.8 Å². The number of carbonyl (C=O) groups excluding carboxylic acids is 3. The summed E-state index contributed by atoms with van der Waals surface area (Å²) < 4.78 is 7.84. The van der Waals surface area contributed by atoms with Crippen molar-refractivity contribution in [1.82, 2.24) is 30.4 Å². The maximum Gasteiger partial charge on any atom is 0.316 e. The lowest BCUT2D eigenvalue weighted by Gasteiger charge is -2.54. The zero-order chi connectivity index (χ0) is 31.2. The van der Waals surface area contributed by atoms with Crippen molar-refractivity contribution in [2.24, 2.45) is 5.41 Å². The molecule has 0 radical (unpaired) electrons. The molecule has 2 aliphatic heterocycles. The fraction of sp³-hybridized carbons (Fsp3) is 0.273. The van der Waals surface area contributed by atoms with E-state index >= 15 is 0 Å². The summed E-state index contributed by atoms with van der Waals surface area (Å²) in [7, 11) is 0. The summed E-state index contributed by atoms with van der Waals surface area (Å²) in [5, 5.41) is 14.9. The summed E-state index contributed by atoms with van der Waals surface area (Å²) in [4.78, 5) is 42.2. The number of β-lactam (4-membered cyclic amide) rings is 1. The first-order chi connectivity index (χ1) is 22.0. The number of thioether (sulfide) groups is 2. The quantitative estimate of drug-likeness (QED) is 0.114. The zero-order valence-corrected chi connectivity index (χ0v) is 25.8. The molecule has 1 aromatic heterocycles. The highest BCUT2D eigenvalue weighted by Crippen LogP contribution is 2.45. The first-order valence-electron chi connectivity index (χ1n) is 14.4. The Kier molecular flexibility index (Phi) is 9.18. The van der Waals surface area contributed by atoms with Crippen LogP contribution in [0.1, 0.15) is 22.8 Å². The van der Waals surface area contributed by atoms with E-state index in [0.29, 0.717) is 10.9 Å². The van der Waals surface area contributed by atoms with Gasteiger partial charge in [-0.2, -0.15) is 0 Å². The molecule has 3 aromatic carbocycles. The van der Waals surface area contributed by atoms with Crippen LogP contribution in [0.4, 0.5) is 0 Å². The number of nitrogens with one attached hydrogen (secondary N) is 1. The first-order valence-corrected chi connectivity index (χ1v) is 16.4. The number of hydrogen-bond donors (Lipinski definition) is 1. The molecular weight excluding hydrogens is 609 g/mol. The van der Waals surface area contributed by atoms with Crippen molar-refractivity contribution in [2.75, 3.05) is 18.1 Å². The van der Waals surface area contributed by atoms with Crippen LogP contribution in [-0.2, 0) is 32.1 Å². The van der Waals surface area contributed by atoms with E-state index in [1.54, 1.807) is 4.90 Å². The summed E-state index contributed by atoms with van der Waals surface area (Å²) in [6.45, 7) is 0.316. The van der Waals surface area contributed by atoms with Crippen molar-refractivity contribution in [1.29, 1.82) is 0 Å². The minimum Gasteiger partial charge on any atom is -0.452 e. The molecule has 3 atom stereocenters. The van der Waals surface area contributed by atoms with Crippen molar-refractivity contribution < 1.29 is 19.1 Å². The third-order valence-electron chi connectivity index (χ3n) is 7.75. The molecule has 0 bridgehead atoms. The number of ether oxygens (including phenoxy) is 1. The third-order valence-corrected chi connectivity index (χ3v) is 10.6. The molecular formula is C33H30N6O4S2. The Morgan fingerprint density at radius 1 is 1.04 bits per heavy atom. The fourth-order valence-electron chi connectivity index (χ4n) is 5.41. The standard InChI is InChI=1S/C33H30N6O4S2/c1-2-18-39-32(35-36-37-39)45-22-33(31(42)43-28(24-14-8-4-9-15-24)25-16-10-5-11-17-25)20-38-29(41)27(30(38)44-21-33)34-26(40)19-23-12-6-3-7-13-23/h1,3-17,27-28,30H,18-22H2,(H,34,40)/t27?,30-,33?/m1/s1. The molecule has 2 fully saturated rings. The molecule has 2 saturated heterocycles. The lowest BCUT2D eigenvalue weighted by molar-refractivity contribution is -0.164. The van der Waals surface area contributed by atoms with Gasteiger partial charge in [0, 0.05) is 18.1 Å². The van der Waals surface area contributed by atoms with Crippen molar-refractivity contribution >= 4 is 41.3 Å². The number of tetrazole rings is 1. The van der Waals surface area contributed by atoms with Crippen molar-refractivity contribution in [3.63, 3.8) is 0 Å². The van der Waals surface area contributed by atoms with E-state index in [9.17, 15) is 14.4 Å². The summed E-state index contributed by atoms with van der Waals surface area (Å²) in [5.74, 6) is 2.27. The second kappa shape index (κ2) is 13.6. The van der Waals surface area contributed by atoms with Gasteiger partial charge in [-0.05, 0) is 27.1 Å². The minimum atomic E-state index is -1.09. The monoisotopic (exact) mass is 638 g/mol. The van der Waals surface area contributed by atoms with E-state index in [4.69, 9.17) is 11.2 Å². The molecule has 12 heteroatoms. The predicted octanol–water partition coefficient (Wildman–Crippen LogP) is 3.36. The molecule has 4 aromatic rings. The molecule has 2 aliphatic rings. The average Bonchev–Trinajstić information content (AvgIpc) is 3.53. The minimum absolute atomic E-state index is 0.132. The fourth-order valence-corrected chi connectivity index (χ4v) is 8.13. The third kappa shape index (κ3) is 6.60. The summed E-state index contributed by atoms with van der Waals surface area (Å²) in [5.41, 5.74) is 1.45. The topological polar surface area (TPSA) is 119 Å². The molecule has 0 aliphatic carbocycles. The maximum absolute atomic E-state index is 14.3. The van der Waals surface area contributed by atoms with Gasteiger partial charge in [0.05, 0.1) is 6.42 Å². The number of carbonyl (C=O) groups is 3. The highest BCUT2D eigenvalue weighted by molar-refractivity contribution is 8.00. The Morgan fingerprint density at radius 2 is 1.69 bits per heavy atom. The first kappa shape index (κ1) is 30.4. The van der Waals surface area contributed by atoms with Gasteiger partial charge in [-0.25, -0.2) is 4.68 Å². The Balaban J connectivity index is 1.23. The summed E-state index contributed by atoms with van der Waals surface area (Å²) in [6.07, 6.45) is 5.02. The molecule has 0 saturated carbocycles. The van der Waals surface area contributed by atoms with Gasteiger partial charge in [0.2, 0.25) is 17.0 Å². The predicted molar refractivity (Wildman–Crippen MR) is 171 cm³/mol. The molecule has 2 unspecified atom stereocenters. The van der Waals surface area contributed by atoms with Crippen molar-refractivity contribution in [3.05, 3.63) is 108 Å². The highest BCUT2D eigenvalue weighted by atomic mass is 32.2. The summed E-state index contributed by atoms with van der Waals surface area (Å²) >= 11 is 2.76. The van der Waals surface area contributed by atoms with Gasteiger partial charge in [0.15, 0.2) is 6.10 Å². The maximum atomic E-state index is 14.3. The van der Waals surface area contributed by atoms with Crippen LogP contribution in [0, 0.1) is 17.8 Å². The SMILES string of the molecule is C#CCn1nnnc1SCC1(C(=O)OC(c2ccccc2)c2ccccc2)CS[C@@H]2C(NC(=O)Cc3ccccc3)C(=O)N2C1. The number of amides is 2. The second-order valence-corrected chi connectivity index (χ2v) is 12.9. The number of rotatable bonds is 11. The lowest BCUT2D eigenvalue weighted by atomic mass is 9.88. The van der Waals surface area contributed by atoms with Gasteiger partial charge in [-0.3, -0.25) is 14.4 Å². The molecule has 45 heavy (non-hydrogen) atoms. The largest absolute Gasteiger partial charge is 0.452 e. The van der Waals surface area contributed by atoms with Gasteiger partial charge in [-0.15, -0.1) is 23.3 Å². The van der Waals surface area contributed by atoms with Gasteiger partial charge < -0.3 is 15.0 Å². The number of esters is 1. The number of nitrogens with zero attached hydrogens (tertiary/aromatic N) is 5. The van der Waals surface area contributed by atoms with Crippen LogP contribution in [0.3, 0.4) is 0 Å². The molecule has 228 valence electrons. The molecule has 2 amide bonds. The number of benzene rings is 3. The average molecular weight is 639 g/mol. The molecule has 1 N–H and O–H groups in total. The van der Waals surface area contributed by atoms with E-state index in [1.165, 1.54) is 28.2 Å². The van der Waals surface area contributed by atoms with Crippen LogP contribution in [0.15, 0.2) is 96.2 Å². The van der Waals surface area contributed by atoms with Crippen LogP contribution in [0.25, 0.3) is 0 Å². The summed E-state index contributed by atoms with van der Waals surface area (Å²) in [6, 6.07) is 27.9. The van der Waals surface area contributed by atoms with Crippen molar-refractivity contribution in [3.8, 4) is 12.3 Å². The van der Waals surface area contributed by atoms with E-state index in [0.717, 1.165) is 16.7 Å². The van der Waals surface area contributed by atoms with Gasteiger partial charge in [0.1, 0.15) is 23.4 Å². The zero-order valence-electron chi connectivity index (χ0n) is 24.2. The Labute approximate surface area is 269 Å². The van der Waals surface area contributed by atoms with Crippen LogP contribution in [0.2, 0.25) is 0 Å². The van der Waals surface area contributed by atoms with Crippen LogP contribution < -0.4 is 5.32 Å². The van der Waals surface area contributed by atoms with E-state index < -0.39 is 23.5 Å². The Bertz CT molecular complexity index is 1660. The molecule has 0 spiro atoms. The highest BCUT2D eigenvalue weighted by Gasteiger charge is 2.58. The number of terminal acetylenes is 1. The molecule has 10 nitrogen and oxygen atoms in total. The number of hydrogen-bond acceptors (Lipinski definition) is 9. The molecule has 3 heterocycles.